The van der Waals surface area contributed by atoms with Gasteiger partial charge in [-0.15, -0.1) is 0 Å². The van der Waals surface area contributed by atoms with Gasteiger partial charge in [-0.1, -0.05) is 0 Å². The third-order valence-electron chi connectivity index (χ3n) is 2.20. The predicted molar refractivity (Wildman–Crippen MR) is 70.6 cm³/mol. The SMILES string of the molecule is CN(C)C(=NCCNC(=O)c1ccn[nH]1)N(C)C. The first-order valence-corrected chi connectivity index (χ1v) is 5.69. The number of hydrogen-bond acceptors (Lipinski definition) is 3. The summed E-state index contributed by atoms with van der Waals surface area (Å²) in [5.74, 6) is 0.699. The highest BCUT2D eigenvalue weighted by molar-refractivity contribution is 5.92. The zero-order chi connectivity index (χ0) is 13.5. The van der Waals surface area contributed by atoms with E-state index in [1.54, 1.807) is 12.3 Å². The molecule has 0 fully saturated rings. The maximum Gasteiger partial charge on any atom is 0.269 e. The molecule has 1 aromatic rings. The van der Waals surface area contributed by atoms with Crippen LogP contribution in [0.4, 0.5) is 0 Å². The Bertz CT molecular complexity index is 386. The van der Waals surface area contributed by atoms with Crippen molar-refractivity contribution in [2.24, 2.45) is 4.99 Å². The van der Waals surface area contributed by atoms with E-state index in [4.69, 9.17) is 0 Å². The van der Waals surface area contributed by atoms with E-state index in [0.29, 0.717) is 18.8 Å². The molecule has 7 nitrogen and oxygen atoms in total. The third-order valence-corrected chi connectivity index (χ3v) is 2.20. The van der Waals surface area contributed by atoms with E-state index in [9.17, 15) is 4.79 Å². The summed E-state index contributed by atoms with van der Waals surface area (Å²) in [7, 11) is 7.73. The summed E-state index contributed by atoms with van der Waals surface area (Å²) in [6, 6.07) is 1.63. The number of guanidine groups is 1. The van der Waals surface area contributed by atoms with Crippen LogP contribution in [0.25, 0.3) is 0 Å². The molecule has 1 aromatic heterocycles. The van der Waals surface area contributed by atoms with E-state index in [1.165, 1.54) is 0 Å². The number of nitrogens with one attached hydrogen (secondary N) is 2. The topological polar surface area (TPSA) is 76.6 Å². The third kappa shape index (κ3) is 4.08. The van der Waals surface area contributed by atoms with Crippen LogP contribution in [0, 0.1) is 0 Å². The molecule has 0 atom stereocenters. The summed E-state index contributed by atoms with van der Waals surface area (Å²) in [5, 5.41) is 9.09. The Morgan fingerprint density at radius 1 is 1.39 bits per heavy atom. The zero-order valence-electron chi connectivity index (χ0n) is 11.3. The first kappa shape index (κ1) is 14.0. The molecule has 0 saturated carbocycles. The number of rotatable bonds is 4. The molecular formula is C11H20N6O. The minimum atomic E-state index is -0.168. The second-order valence-corrected chi connectivity index (χ2v) is 4.20. The molecule has 1 rings (SSSR count). The summed E-state index contributed by atoms with van der Waals surface area (Å²) >= 11 is 0. The molecule has 0 aliphatic rings. The van der Waals surface area contributed by atoms with Crippen molar-refractivity contribution in [1.29, 1.82) is 0 Å². The fourth-order valence-corrected chi connectivity index (χ4v) is 1.49. The second-order valence-electron chi connectivity index (χ2n) is 4.20. The molecule has 7 heteroatoms. The van der Waals surface area contributed by atoms with Crippen molar-refractivity contribution in [3.05, 3.63) is 18.0 Å². The van der Waals surface area contributed by atoms with E-state index >= 15 is 0 Å². The van der Waals surface area contributed by atoms with Crippen molar-refractivity contribution in [2.45, 2.75) is 0 Å². The molecule has 0 saturated heterocycles. The van der Waals surface area contributed by atoms with Gasteiger partial charge in [-0.2, -0.15) is 5.10 Å². The Hall–Kier alpha value is -2.05. The van der Waals surface area contributed by atoms with Crippen LogP contribution in [0.5, 0.6) is 0 Å². The van der Waals surface area contributed by atoms with Gasteiger partial charge < -0.3 is 15.1 Å². The molecule has 0 aliphatic carbocycles. The molecule has 1 heterocycles. The number of carbonyl (C=O) groups is 1. The molecule has 1 amide bonds. The lowest BCUT2D eigenvalue weighted by Crippen LogP contribution is -2.36. The van der Waals surface area contributed by atoms with E-state index < -0.39 is 0 Å². The van der Waals surface area contributed by atoms with Crippen LogP contribution in [-0.2, 0) is 0 Å². The Morgan fingerprint density at radius 3 is 2.56 bits per heavy atom. The smallest absolute Gasteiger partial charge is 0.269 e. The van der Waals surface area contributed by atoms with Gasteiger partial charge in [-0.25, -0.2) is 0 Å². The summed E-state index contributed by atoms with van der Waals surface area (Å²) in [5.41, 5.74) is 0.458. The van der Waals surface area contributed by atoms with E-state index in [-0.39, 0.29) is 5.91 Å². The number of aromatic nitrogens is 2. The molecule has 0 unspecified atom stereocenters. The Balaban J connectivity index is 2.38. The summed E-state index contributed by atoms with van der Waals surface area (Å²) < 4.78 is 0. The number of amides is 1. The Labute approximate surface area is 107 Å². The number of aromatic amines is 1. The average molecular weight is 252 g/mol. The van der Waals surface area contributed by atoms with Gasteiger partial charge in [0.1, 0.15) is 5.69 Å². The van der Waals surface area contributed by atoms with E-state index in [2.05, 4.69) is 20.5 Å². The molecule has 100 valence electrons. The van der Waals surface area contributed by atoms with Gasteiger partial charge in [0.15, 0.2) is 5.96 Å². The van der Waals surface area contributed by atoms with Gasteiger partial charge in [0, 0.05) is 40.9 Å². The quantitative estimate of drug-likeness (QED) is 0.435. The first-order chi connectivity index (χ1) is 8.52. The zero-order valence-corrected chi connectivity index (χ0v) is 11.3. The molecule has 2 N–H and O–H groups in total. The average Bonchev–Trinajstić information content (AvgIpc) is 2.80. The van der Waals surface area contributed by atoms with Crippen molar-refractivity contribution < 1.29 is 4.79 Å². The van der Waals surface area contributed by atoms with Crippen LogP contribution in [0.3, 0.4) is 0 Å². The highest BCUT2D eigenvalue weighted by atomic mass is 16.1. The number of hydrogen-bond donors (Lipinski definition) is 2. The molecular weight excluding hydrogens is 232 g/mol. The molecule has 0 spiro atoms. The normalized spacial score (nSPS) is 9.78. The van der Waals surface area contributed by atoms with E-state index in [1.807, 2.05) is 38.0 Å². The molecule has 0 aromatic carbocycles. The van der Waals surface area contributed by atoms with Crippen molar-refractivity contribution in [2.75, 3.05) is 41.3 Å². The fraction of sp³-hybridized carbons (Fsp3) is 0.545. The lowest BCUT2D eigenvalue weighted by atomic mass is 10.4. The van der Waals surface area contributed by atoms with Gasteiger partial charge in [0.2, 0.25) is 0 Å². The minimum absolute atomic E-state index is 0.168. The first-order valence-electron chi connectivity index (χ1n) is 5.69. The predicted octanol–water partition coefficient (Wildman–Crippen LogP) is -0.381. The maximum atomic E-state index is 11.6. The van der Waals surface area contributed by atoms with Crippen LogP contribution in [0.2, 0.25) is 0 Å². The number of nitrogens with zero attached hydrogens (tertiary/aromatic N) is 4. The summed E-state index contributed by atoms with van der Waals surface area (Å²) in [4.78, 5) is 19.8. The van der Waals surface area contributed by atoms with Crippen molar-refractivity contribution in [3.63, 3.8) is 0 Å². The number of carbonyl (C=O) groups excluding carboxylic acids is 1. The van der Waals surface area contributed by atoms with Gasteiger partial charge in [0.25, 0.3) is 5.91 Å². The highest BCUT2D eigenvalue weighted by Gasteiger charge is 2.06. The van der Waals surface area contributed by atoms with Crippen LogP contribution < -0.4 is 5.32 Å². The monoisotopic (exact) mass is 252 g/mol. The maximum absolute atomic E-state index is 11.6. The van der Waals surface area contributed by atoms with Crippen LogP contribution in [0.15, 0.2) is 17.3 Å². The standard InChI is InChI=1S/C11H20N6O/c1-16(2)11(17(3)4)13-8-7-12-10(18)9-5-6-14-15-9/h5-6H,7-8H2,1-4H3,(H,12,18)(H,14,15). The molecule has 0 aliphatic heterocycles. The van der Waals surface area contributed by atoms with Crippen molar-refractivity contribution in [3.8, 4) is 0 Å². The van der Waals surface area contributed by atoms with Gasteiger partial charge in [-0.05, 0) is 6.07 Å². The highest BCUT2D eigenvalue weighted by Crippen LogP contribution is 1.91. The van der Waals surface area contributed by atoms with Gasteiger partial charge >= 0.3 is 0 Å². The van der Waals surface area contributed by atoms with E-state index in [0.717, 1.165) is 5.96 Å². The molecule has 18 heavy (non-hydrogen) atoms. The van der Waals surface area contributed by atoms with Crippen molar-refractivity contribution in [1.82, 2.24) is 25.3 Å². The van der Waals surface area contributed by atoms with Gasteiger partial charge in [0.05, 0.1) is 6.54 Å². The molecule has 0 bridgehead atoms. The van der Waals surface area contributed by atoms with Crippen LogP contribution in [-0.4, -0.2) is 73.1 Å². The summed E-state index contributed by atoms with van der Waals surface area (Å²) in [6.07, 6.45) is 1.54. The lowest BCUT2D eigenvalue weighted by Gasteiger charge is -2.22. The number of aliphatic imine (C=N–C) groups is 1. The minimum Gasteiger partial charge on any atom is -0.349 e. The summed E-state index contributed by atoms with van der Waals surface area (Å²) in [6.45, 7) is 1.02. The molecule has 0 radical (unpaired) electrons. The lowest BCUT2D eigenvalue weighted by molar-refractivity contribution is 0.0950. The Morgan fingerprint density at radius 2 is 2.06 bits per heavy atom. The van der Waals surface area contributed by atoms with Crippen LogP contribution >= 0.6 is 0 Å². The van der Waals surface area contributed by atoms with Gasteiger partial charge in [-0.3, -0.25) is 14.9 Å². The van der Waals surface area contributed by atoms with Crippen LogP contribution in [0.1, 0.15) is 10.5 Å². The largest absolute Gasteiger partial charge is 0.349 e. The Kier molecular flexibility index (Phi) is 5.16. The van der Waals surface area contributed by atoms with Crippen molar-refractivity contribution >= 4 is 11.9 Å². The second kappa shape index (κ2) is 6.63. The number of H-pyrrole nitrogens is 1. The fourth-order valence-electron chi connectivity index (χ4n) is 1.49.